The Bertz CT molecular complexity index is 279. The Kier molecular flexibility index (Phi) is 2.34. The maximum absolute atomic E-state index is 11.4. The number of nitrogens with zero attached hydrogens (tertiary/aromatic N) is 1. The third-order valence-electron chi connectivity index (χ3n) is 2.35. The first kappa shape index (κ1) is 8.35. The molecule has 0 atom stereocenters. The first-order chi connectivity index (χ1) is 6.36. The monoisotopic (exact) mass is 179 g/mol. The number of rotatable bonds is 2. The molecular weight excluding hydrogens is 166 g/mol. The number of hydrogen-bond donors (Lipinski definition) is 0. The van der Waals surface area contributed by atoms with E-state index in [-0.39, 0.29) is 5.91 Å². The largest absolute Gasteiger partial charge is 0.467 e. The van der Waals surface area contributed by atoms with E-state index in [1.807, 2.05) is 17.0 Å². The van der Waals surface area contributed by atoms with Crippen LogP contribution in [0.25, 0.3) is 0 Å². The second kappa shape index (κ2) is 3.64. The molecule has 1 aromatic heterocycles. The van der Waals surface area contributed by atoms with Crippen molar-refractivity contribution in [2.45, 2.75) is 25.8 Å². The smallest absolute Gasteiger partial charge is 0.222 e. The highest BCUT2D eigenvalue weighted by molar-refractivity contribution is 5.76. The third-order valence-corrected chi connectivity index (χ3v) is 2.35. The van der Waals surface area contributed by atoms with E-state index >= 15 is 0 Å². The van der Waals surface area contributed by atoms with Gasteiger partial charge in [-0.2, -0.15) is 0 Å². The van der Waals surface area contributed by atoms with Crippen LogP contribution in [-0.4, -0.2) is 17.4 Å². The lowest BCUT2D eigenvalue weighted by Gasteiger charge is -2.25. The van der Waals surface area contributed by atoms with E-state index in [1.165, 1.54) is 0 Å². The van der Waals surface area contributed by atoms with Crippen molar-refractivity contribution in [3.8, 4) is 0 Å². The lowest BCUT2D eigenvalue weighted by Crippen LogP contribution is -2.34. The van der Waals surface area contributed by atoms with Crippen molar-refractivity contribution in [1.82, 2.24) is 4.90 Å². The summed E-state index contributed by atoms with van der Waals surface area (Å²) in [6.45, 7) is 1.51. The molecule has 0 radical (unpaired) electrons. The predicted molar refractivity (Wildman–Crippen MR) is 48.0 cm³/mol. The topological polar surface area (TPSA) is 33.5 Å². The quantitative estimate of drug-likeness (QED) is 0.693. The average molecular weight is 179 g/mol. The van der Waals surface area contributed by atoms with Gasteiger partial charge in [-0.15, -0.1) is 0 Å². The maximum Gasteiger partial charge on any atom is 0.222 e. The Morgan fingerprint density at radius 2 is 2.38 bits per heavy atom. The van der Waals surface area contributed by atoms with Gasteiger partial charge >= 0.3 is 0 Å². The molecule has 0 aliphatic carbocycles. The molecule has 0 spiro atoms. The van der Waals surface area contributed by atoms with Crippen LogP contribution in [0.4, 0.5) is 0 Å². The molecule has 13 heavy (non-hydrogen) atoms. The molecule has 0 bridgehead atoms. The third kappa shape index (κ3) is 1.91. The van der Waals surface area contributed by atoms with Gasteiger partial charge < -0.3 is 9.32 Å². The fourth-order valence-corrected chi connectivity index (χ4v) is 1.62. The predicted octanol–water partition coefficient (Wildman–Crippen LogP) is 1.79. The molecular formula is C10H13NO2. The molecule has 1 aromatic rings. The number of piperidine rings is 1. The SMILES string of the molecule is O=C1CCCCN1Cc1ccco1. The van der Waals surface area contributed by atoms with Gasteiger partial charge in [0.2, 0.25) is 5.91 Å². The van der Waals surface area contributed by atoms with Gasteiger partial charge in [0.05, 0.1) is 12.8 Å². The summed E-state index contributed by atoms with van der Waals surface area (Å²) in [6, 6.07) is 3.76. The zero-order valence-electron chi connectivity index (χ0n) is 7.53. The summed E-state index contributed by atoms with van der Waals surface area (Å²) in [5.74, 6) is 1.12. The summed E-state index contributed by atoms with van der Waals surface area (Å²) >= 11 is 0. The Hall–Kier alpha value is -1.25. The van der Waals surface area contributed by atoms with Crippen molar-refractivity contribution in [3.63, 3.8) is 0 Å². The molecule has 3 heteroatoms. The van der Waals surface area contributed by atoms with Gasteiger partial charge in [0.15, 0.2) is 0 Å². The second-order valence-corrected chi connectivity index (χ2v) is 3.35. The Balaban J connectivity index is 1.97. The average Bonchev–Trinajstić information content (AvgIpc) is 2.61. The molecule has 1 aliphatic heterocycles. The molecule has 1 saturated heterocycles. The minimum Gasteiger partial charge on any atom is -0.467 e. The van der Waals surface area contributed by atoms with E-state index in [9.17, 15) is 4.79 Å². The molecule has 0 N–H and O–H groups in total. The Labute approximate surface area is 77.3 Å². The van der Waals surface area contributed by atoms with Crippen molar-refractivity contribution in [3.05, 3.63) is 24.2 Å². The van der Waals surface area contributed by atoms with Crippen LogP contribution in [0.2, 0.25) is 0 Å². The van der Waals surface area contributed by atoms with Crippen molar-refractivity contribution in [2.75, 3.05) is 6.54 Å². The summed E-state index contributed by atoms with van der Waals surface area (Å²) in [5.41, 5.74) is 0. The van der Waals surface area contributed by atoms with Crippen molar-refractivity contribution in [2.24, 2.45) is 0 Å². The number of likely N-dealkylation sites (tertiary alicyclic amines) is 1. The zero-order chi connectivity index (χ0) is 9.10. The lowest BCUT2D eigenvalue weighted by molar-refractivity contribution is -0.134. The molecule has 1 aliphatic rings. The molecule has 1 fully saturated rings. The van der Waals surface area contributed by atoms with Crippen LogP contribution in [-0.2, 0) is 11.3 Å². The van der Waals surface area contributed by atoms with Gasteiger partial charge in [0, 0.05) is 13.0 Å². The molecule has 0 saturated carbocycles. The fraction of sp³-hybridized carbons (Fsp3) is 0.500. The van der Waals surface area contributed by atoms with E-state index < -0.39 is 0 Å². The lowest BCUT2D eigenvalue weighted by atomic mass is 10.1. The van der Waals surface area contributed by atoms with Crippen molar-refractivity contribution >= 4 is 5.91 Å². The fourth-order valence-electron chi connectivity index (χ4n) is 1.62. The number of amides is 1. The number of hydrogen-bond acceptors (Lipinski definition) is 2. The van der Waals surface area contributed by atoms with Crippen LogP contribution in [0.1, 0.15) is 25.0 Å². The molecule has 70 valence electrons. The van der Waals surface area contributed by atoms with E-state index in [0.717, 1.165) is 25.1 Å². The first-order valence-corrected chi connectivity index (χ1v) is 4.66. The molecule has 3 nitrogen and oxygen atoms in total. The highest BCUT2D eigenvalue weighted by Crippen LogP contribution is 2.14. The van der Waals surface area contributed by atoms with Crippen LogP contribution in [0.5, 0.6) is 0 Å². The summed E-state index contributed by atoms with van der Waals surface area (Å²) in [6.07, 6.45) is 4.49. The highest BCUT2D eigenvalue weighted by atomic mass is 16.3. The molecule has 1 amide bonds. The van der Waals surface area contributed by atoms with E-state index in [0.29, 0.717) is 13.0 Å². The zero-order valence-corrected chi connectivity index (χ0v) is 7.53. The van der Waals surface area contributed by atoms with Gasteiger partial charge in [0.1, 0.15) is 5.76 Å². The molecule has 0 unspecified atom stereocenters. The van der Waals surface area contributed by atoms with Crippen molar-refractivity contribution in [1.29, 1.82) is 0 Å². The van der Waals surface area contributed by atoms with E-state index in [4.69, 9.17) is 4.42 Å². The summed E-state index contributed by atoms with van der Waals surface area (Å²) in [7, 11) is 0. The van der Waals surface area contributed by atoms with Crippen LogP contribution in [0, 0.1) is 0 Å². The summed E-state index contributed by atoms with van der Waals surface area (Å²) in [4.78, 5) is 13.3. The van der Waals surface area contributed by atoms with E-state index in [2.05, 4.69) is 0 Å². The second-order valence-electron chi connectivity index (χ2n) is 3.35. The maximum atomic E-state index is 11.4. The summed E-state index contributed by atoms with van der Waals surface area (Å²) in [5, 5.41) is 0. The normalized spacial score (nSPS) is 17.8. The van der Waals surface area contributed by atoms with Gasteiger partial charge in [-0.3, -0.25) is 4.79 Å². The van der Waals surface area contributed by atoms with E-state index in [1.54, 1.807) is 6.26 Å². The number of carbonyl (C=O) groups excluding carboxylic acids is 1. The number of furan rings is 1. The van der Waals surface area contributed by atoms with Gasteiger partial charge in [-0.1, -0.05) is 0 Å². The minimum atomic E-state index is 0.252. The number of carbonyl (C=O) groups is 1. The van der Waals surface area contributed by atoms with Gasteiger partial charge in [0.25, 0.3) is 0 Å². The Morgan fingerprint density at radius 1 is 1.46 bits per heavy atom. The standard InChI is InChI=1S/C10H13NO2/c12-10-5-1-2-6-11(10)8-9-4-3-7-13-9/h3-4,7H,1-2,5-6,8H2. The van der Waals surface area contributed by atoms with Crippen LogP contribution in [0.15, 0.2) is 22.8 Å². The van der Waals surface area contributed by atoms with Gasteiger partial charge in [-0.05, 0) is 25.0 Å². The van der Waals surface area contributed by atoms with Crippen LogP contribution >= 0.6 is 0 Å². The first-order valence-electron chi connectivity index (χ1n) is 4.66. The summed E-state index contributed by atoms with van der Waals surface area (Å²) < 4.78 is 5.19. The Morgan fingerprint density at radius 3 is 3.08 bits per heavy atom. The minimum absolute atomic E-state index is 0.252. The van der Waals surface area contributed by atoms with Crippen LogP contribution < -0.4 is 0 Å². The molecule has 2 rings (SSSR count). The van der Waals surface area contributed by atoms with Gasteiger partial charge in [-0.25, -0.2) is 0 Å². The highest BCUT2D eigenvalue weighted by Gasteiger charge is 2.18. The molecule has 2 heterocycles. The van der Waals surface area contributed by atoms with Crippen molar-refractivity contribution < 1.29 is 9.21 Å². The van der Waals surface area contributed by atoms with Crippen LogP contribution in [0.3, 0.4) is 0 Å². The molecule has 0 aromatic carbocycles.